The normalized spacial score (nSPS) is 14.0. The third-order valence-electron chi connectivity index (χ3n) is 5.55. The molecule has 1 aliphatic heterocycles. The molecule has 1 aromatic heterocycles. The highest BCUT2D eigenvalue weighted by Gasteiger charge is 2.21. The Morgan fingerprint density at radius 2 is 1.77 bits per heavy atom. The second kappa shape index (κ2) is 9.90. The molecule has 0 radical (unpaired) electrons. The fourth-order valence-corrected chi connectivity index (χ4v) is 3.90. The van der Waals surface area contributed by atoms with Crippen LogP contribution in [0.3, 0.4) is 0 Å². The van der Waals surface area contributed by atoms with E-state index in [1.165, 1.54) is 12.1 Å². The van der Waals surface area contributed by atoms with Gasteiger partial charge in [-0.3, -0.25) is 9.59 Å². The van der Waals surface area contributed by atoms with Crippen LogP contribution in [-0.2, 0) is 0 Å². The maximum absolute atomic E-state index is 13.2. The lowest BCUT2D eigenvalue weighted by Gasteiger charge is -2.25. The van der Waals surface area contributed by atoms with E-state index >= 15 is 0 Å². The van der Waals surface area contributed by atoms with Crippen molar-refractivity contribution in [1.82, 2.24) is 9.88 Å². The lowest BCUT2D eigenvalue weighted by atomic mass is 10.0. The number of aryl methyl sites for hydroxylation is 1. The maximum atomic E-state index is 13.2. The topological polar surface area (TPSA) is 63.1 Å². The predicted molar refractivity (Wildman–Crippen MR) is 124 cm³/mol. The number of amides is 1. The van der Waals surface area contributed by atoms with Crippen LogP contribution in [0.4, 0.5) is 10.1 Å². The summed E-state index contributed by atoms with van der Waals surface area (Å²) in [6, 6.07) is 15.4. The highest BCUT2D eigenvalue weighted by molar-refractivity contribution is 6.05. The van der Waals surface area contributed by atoms with E-state index < -0.39 is 5.91 Å². The second-order valence-corrected chi connectivity index (χ2v) is 7.61. The van der Waals surface area contributed by atoms with E-state index in [1.807, 2.05) is 24.3 Å². The summed E-state index contributed by atoms with van der Waals surface area (Å²) in [7, 11) is 0. The second-order valence-electron chi connectivity index (χ2n) is 7.61. The van der Waals surface area contributed by atoms with Gasteiger partial charge in [-0.05, 0) is 79.9 Å². The van der Waals surface area contributed by atoms with E-state index in [1.54, 1.807) is 35.9 Å². The monoisotopic (exact) mass is 441 g/mol. The Bertz CT molecular complexity index is 1120. The van der Waals surface area contributed by atoms with E-state index in [2.05, 4.69) is 10.6 Å². The number of hydrogen-bond acceptors (Lipinski definition) is 3. The van der Waals surface area contributed by atoms with Gasteiger partial charge in [0.2, 0.25) is 0 Å². The number of carbonyl (C=O) groups excluding carboxylic acids is 1. The first kappa shape index (κ1) is 22.7. The molecule has 2 N–H and O–H groups in total. The summed E-state index contributed by atoms with van der Waals surface area (Å²) in [4.78, 5) is 26.1. The molecule has 3 aromatic rings. The summed E-state index contributed by atoms with van der Waals surface area (Å²) in [6.07, 6.45) is 3.52. The smallest absolute Gasteiger partial charge is 0.263 e. The van der Waals surface area contributed by atoms with Gasteiger partial charge >= 0.3 is 0 Å². The fourth-order valence-electron chi connectivity index (χ4n) is 3.90. The third-order valence-corrected chi connectivity index (χ3v) is 5.55. The molecule has 1 aliphatic rings. The van der Waals surface area contributed by atoms with Gasteiger partial charge in [0.25, 0.3) is 11.5 Å². The molecule has 0 saturated carbocycles. The van der Waals surface area contributed by atoms with Crippen molar-refractivity contribution in [3.8, 4) is 11.1 Å². The molecule has 0 atom stereocenters. The minimum atomic E-state index is -0.419. The molecule has 4 rings (SSSR count). The highest BCUT2D eigenvalue weighted by Crippen LogP contribution is 2.23. The van der Waals surface area contributed by atoms with Gasteiger partial charge in [0, 0.05) is 17.9 Å². The van der Waals surface area contributed by atoms with Gasteiger partial charge < -0.3 is 15.2 Å². The minimum Gasteiger partial charge on any atom is -0.322 e. The zero-order valence-corrected chi connectivity index (χ0v) is 18.0. The molecule has 162 valence electrons. The Morgan fingerprint density at radius 3 is 2.48 bits per heavy atom. The number of nitrogens with one attached hydrogen (secondary N) is 2. The molecule has 0 unspecified atom stereocenters. The van der Waals surface area contributed by atoms with Crippen molar-refractivity contribution < 1.29 is 9.18 Å². The first-order valence-corrected chi connectivity index (χ1v) is 10.1. The van der Waals surface area contributed by atoms with E-state index in [9.17, 15) is 14.0 Å². The standard InChI is InChI=1S/C24H24FN3O2.ClH/c1-16-11-14-28(21-9-12-26-13-10-21)24(30)22(16)23(29)27-20-4-2-3-18(15-20)17-5-7-19(25)8-6-17;/h2-8,11,14-15,21,26H,9-10,12-13H2,1H3,(H,27,29);1H. The summed E-state index contributed by atoms with van der Waals surface area (Å²) in [5, 5.41) is 6.14. The quantitative estimate of drug-likeness (QED) is 0.623. The number of rotatable bonds is 4. The number of halogens is 2. The number of anilines is 1. The lowest BCUT2D eigenvalue weighted by molar-refractivity contribution is 0.102. The zero-order valence-electron chi connectivity index (χ0n) is 17.2. The fraction of sp³-hybridized carbons (Fsp3) is 0.250. The third kappa shape index (κ3) is 5.03. The number of benzene rings is 2. The Labute approximate surface area is 186 Å². The van der Waals surface area contributed by atoms with E-state index in [0.717, 1.165) is 37.1 Å². The molecule has 1 fully saturated rings. The van der Waals surface area contributed by atoms with Crippen molar-refractivity contribution in [1.29, 1.82) is 0 Å². The highest BCUT2D eigenvalue weighted by atomic mass is 35.5. The molecular weight excluding hydrogens is 417 g/mol. The Kier molecular flexibility index (Phi) is 7.25. The molecule has 1 amide bonds. The summed E-state index contributed by atoms with van der Waals surface area (Å²) in [5.41, 5.74) is 2.84. The Balaban J connectivity index is 0.00000272. The van der Waals surface area contributed by atoms with Gasteiger partial charge in [-0.2, -0.15) is 0 Å². The van der Waals surface area contributed by atoms with Gasteiger partial charge in [-0.15, -0.1) is 12.4 Å². The number of nitrogens with zero attached hydrogens (tertiary/aromatic N) is 1. The van der Waals surface area contributed by atoms with Crippen molar-refractivity contribution in [3.63, 3.8) is 0 Å². The van der Waals surface area contributed by atoms with Crippen molar-refractivity contribution in [2.24, 2.45) is 0 Å². The van der Waals surface area contributed by atoms with Crippen molar-refractivity contribution >= 4 is 24.0 Å². The lowest BCUT2D eigenvalue weighted by Crippen LogP contribution is -2.37. The van der Waals surface area contributed by atoms with Crippen molar-refractivity contribution in [2.45, 2.75) is 25.8 Å². The average molecular weight is 442 g/mol. The van der Waals surface area contributed by atoms with Crippen LogP contribution >= 0.6 is 12.4 Å². The van der Waals surface area contributed by atoms with Crippen molar-refractivity contribution in [2.75, 3.05) is 18.4 Å². The number of pyridine rings is 1. The Morgan fingerprint density at radius 1 is 1.06 bits per heavy atom. The van der Waals surface area contributed by atoms with E-state index in [0.29, 0.717) is 11.3 Å². The van der Waals surface area contributed by atoms with Gasteiger partial charge in [-0.1, -0.05) is 24.3 Å². The van der Waals surface area contributed by atoms with Gasteiger partial charge in [0.1, 0.15) is 11.4 Å². The minimum absolute atomic E-state index is 0. The molecule has 2 aromatic carbocycles. The van der Waals surface area contributed by atoms with E-state index in [4.69, 9.17) is 0 Å². The molecule has 1 saturated heterocycles. The van der Waals surface area contributed by atoms with Crippen LogP contribution in [0, 0.1) is 12.7 Å². The largest absolute Gasteiger partial charge is 0.322 e. The van der Waals surface area contributed by atoms with Gasteiger partial charge in [0.15, 0.2) is 0 Å². The molecule has 0 aliphatic carbocycles. The predicted octanol–water partition coefficient (Wildman–Crippen LogP) is 4.56. The van der Waals surface area contributed by atoms with Crippen LogP contribution in [0.2, 0.25) is 0 Å². The van der Waals surface area contributed by atoms with Gasteiger partial charge in [0.05, 0.1) is 0 Å². The Hall–Kier alpha value is -2.96. The zero-order chi connectivity index (χ0) is 21.1. The number of hydrogen-bond donors (Lipinski definition) is 2. The molecule has 7 heteroatoms. The van der Waals surface area contributed by atoms with Gasteiger partial charge in [-0.25, -0.2) is 4.39 Å². The summed E-state index contributed by atoms with van der Waals surface area (Å²) in [6.45, 7) is 3.50. The van der Waals surface area contributed by atoms with Crippen LogP contribution < -0.4 is 16.2 Å². The van der Waals surface area contributed by atoms with Crippen LogP contribution in [-0.4, -0.2) is 23.6 Å². The molecule has 2 heterocycles. The maximum Gasteiger partial charge on any atom is 0.263 e. The van der Waals surface area contributed by atoms with Crippen LogP contribution in [0.5, 0.6) is 0 Å². The summed E-state index contributed by atoms with van der Waals surface area (Å²) in [5.74, 6) is -0.718. The summed E-state index contributed by atoms with van der Waals surface area (Å²) >= 11 is 0. The van der Waals surface area contributed by atoms with Crippen molar-refractivity contribution in [3.05, 3.63) is 88.1 Å². The number of carbonyl (C=O) groups is 1. The SMILES string of the molecule is Cc1ccn(C2CCNCC2)c(=O)c1C(=O)Nc1cccc(-c2ccc(F)cc2)c1.Cl. The molecule has 31 heavy (non-hydrogen) atoms. The van der Waals surface area contributed by atoms with Crippen LogP contribution in [0.15, 0.2) is 65.6 Å². The van der Waals surface area contributed by atoms with E-state index in [-0.39, 0.29) is 35.4 Å². The molecular formula is C24H25ClFN3O2. The van der Waals surface area contributed by atoms with Crippen LogP contribution in [0.25, 0.3) is 11.1 Å². The first-order valence-electron chi connectivity index (χ1n) is 10.1. The molecule has 5 nitrogen and oxygen atoms in total. The van der Waals surface area contributed by atoms with Crippen LogP contribution in [0.1, 0.15) is 34.8 Å². The number of aromatic nitrogens is 1. The average Bonchev–Trinajstić information content (AvgIpc) is 2.75. The molecule has 0 bridgehead atoms. The first-order chi connectivity index (χ1) is 14.5. The number of piperidine rings is 1. The summed E-state index contributed by atoms with van der Waals surface area (Å²) < 4.78 is 14.9. The molecule has 0 spiro atoms.